The van der Waals surface area contributed by atoms with Gasteiger partial charge < -0.3 is 15.4 Å². The number of carbonyl (C=O) groups is 1. The molecule has 6 nitrogen and oxygen atoms in total. The van der Waals surface area contributed by atoms with Gasteiger partial charge in [-0.05, 0) is 40.3 Å². The zero-order valence-corrected chi connectivity index (χ0v) is 13.1. The van der Waals surface area contributed by atoms with Crippen molar-refractivity contribution >= 4 is 12.8 Å². The molecule has 1 aliphatic rings. The fraction of sp³-hybridized carbons (Fsp3) is 0.533. The number of amides is 1. The maximum Gasteiger partial charge on any atom is 0.405 e. The van der Waals surface area contributed by atoms with Crippen molar-refractivity contribution in [1.29, 1.82) is 5.26 Å². The van der Waals surface area contributed by atoms with E-state index in [9.17, 15) is 4.79 Å². The summed E-state index contributed by atoms with van der Waals surface area (Å²) in [5.41, 5.74) is 5.55. The van der Waals surface area contributed by atoms with Crippen molar-refractivity contribution in [3.8, 4) is 6.07 Å². The lowest BCUT2D eigenvalue weighted by Crippen LogP contribution is -2.27. The summed E-state index contributed by atoms with van der Waals surface area (Å²) >= 11 is 0. The van der Waals surface area contributed by atoms with E-state index in [1.807, 2.05) is 0 Å². The van der Waals surface area contributed by atoms with Crippen LogP contribution in [0.15, 0.2) is 29.0 Å². The van der Waals surface area contributed by atoms with Gasteiger partial charge in [-0.2, -0.15) is 5.26 Å². The largest absolute Gasteiger partial charge is 0.444 e. The van der Waals surface area contributed by atoms with Crippen LogP contribution in [0.4, 0.5) is 4.79 Å². The summed E-state index contributed by atoms with van der Waals surface area (Å²) in [5, 5.41) is 8.79. The molecule has 0 aromatic carbocycles. The van der Waals surface area contributed by atoms with Crippen molar-refractivity contribution in [3.63, 3.8) is 0 Å². The van der Waals surface area contributed by atoms with E-state index >= 15 is 0 Å². The fourth-order valence-corrected chi connectivity index (χ4v) is 1.72. The summed E-state index contributed by atoms with van der Waals surface area (Å²) in [6, 6.07) is 2.07. The number of hydrogen-bond donors (Lipinski definition) is 1. The first-order chi connectivity index (χ1) is 9.71. The highest BCUT2D eigenvalue weighted by Gasteiger charge is 2.15. The average Bonchev–Trinajstić information content (AvgIpc) is 2.86. The zero-order valence-electron chi connectivity index (χ0n) is 13.1. The fourth-order valence-electron chi connectivity index (χ4n) is 1.72. The van der Waals surface area contributed by atoms with Gasteiger partial charge in [-0.15, -0.1) is 0 Å². The Morgan fingerprint density at radius 3 is 2.24 bits per heavy atom. The molecular weight excluding hydrogens is 268 g/mol. The van der Waals surface area contributed by atoms with Crippen LogP contribution in [-0.4, -0.2) is 36.4 Å². The standard InChI is InChI=1S/C10H13N3.C5H11NO2/c1-9(10(7-11)8-12-2)13-5-3-4-6-13;1-5(2,3)8-4(6)7/h8H,1-6H2;1-3H3,(H2,6,7)/b10-8-;. The van der Waals surface area contributed by atoms with Crippen LogP contribution in [-0.2, 0) is 4.74 Å². The molecule has 116 valence electrons. The molecule has 0 aromatic heterocycles. The minimum atomic E-state index is -0.725. The van der Waals surface area contributed by atoms with Crippen LogP contribution in [0.25, 0.3) is 0 Å². The van der Waals surface area contributed by atoms with Gasteiger partial charge in [0.25, 0.3) is 0 Å². The number of ether oxygens (including phenoxy) is 1. The second-order valence-corrected chi connectivity index (χ2v) is 5.51. The van der Waals surface area contributed by atoms with Crippen LogP contribution in [0, 0.1) is 11.3 Å². The first-order valence-electron chi connectivity index (χ1n) is 6.70. The van der Waals surface area contributed by atoms with Crippen LogP contribution in [0.3, 0.4) is 0 Å². The third-order valence-electron chi connectivity index (χ3n) is 2.55. The molecule has 0 bridgehead atoms. The van der Waals surface area contributed by atoms with E-state index in [1.54, 1.807) is 20.8 Å². The molecule has 0 aromatic rings. The first kappa shape index (κ1) is 18.7. The molecule has 1 aliphatic heterocycles. The summed E-state index contributed by atoms with van der Waals surface area (Å²) in [5.74, 6) is 0. The number of aliphatic imine (C=N–C) groups is 1. The van der Waals surface area contributed by atoms with Crippen LogP contribution in [0.1, 0.15) is 33.6 Å². The smallest absolute Gasteiger partial charge is 0.405 e. The molecule has 0 spiro atoms. The number of nitriles is 1. The van der Waals surface area contributed by atoms with Gasteiger partial charge in [0.1, 0.15) is 11.7 Å². The van der Waals surface area contributed by atoms with Crippen molar-refractivity contribution in [3.05, 3.63) is 24.0 Å². The van der Waals surface area contributed by atoms with Crippen molar-refractivity contribution in [2.75, 3.05) is 13.1 Å². The number of carbonyl (C=O) groups excluding carboxylic acids is 1. The summed E-state index contributed by atoms with van der Waals surface area (Å²) in [7, 11) is 0. The van der Waals surface area contributed by atoms with E-state index in [2.05, 4.69) is 34.0 Å². The number of likely N-dealkylation sites (tertiary alicyclic amines) is 1. The van der Waals surface area contributed by atoms with Crippen molar-refractivity contribution in [2.24, 2.45) is 10.7 Å². The van der Waals surface area contributed by atoms with Gasteiger partial charge in [0.05, 0.1) is 5.57 Å². The number of nitrogens with zero attached hydrogens (tertiary/aromatic N) is 3. The highest BCUT2D eigenvalue weighted by Crippen LogP contribution is 2.18. The molecule has 0 atom stereocenters. The molecule has 1 rings (SSSR count). The van der Waals surface area contributed by atoms with Gasteiger partial charge in [-0.1, -0.05) is 6.58 Å². The van der Waals surface area contributed by atoms with Gasteiger partial charge >= 0.3 is 6.09 Å². The Balaban J connectivity index is 0.000000433. The predicted octanol–water partition coefficient (Wildman–Crippen LogP) is 2.58. The van der Waals surface area contributed by atoms with E-state index in [-0.39, 0.29) is 0 Å². The third kappa shape index (κ3) is 8.47. The maximum absolute atomic E-state index is 10.0. The van der Waals surface area contributed by atoms with Gasteiger partial charge in [0, 0.05) is 25.0 Å². The highest BCUT2D eigenvalue weighted by atomic mass is 16.6. The SMILES string of the molecule is C=N/C=C(/C#N)C(=C)N1CCCC1.CC(C)(C)OC(N)=O. The Morgan fingerprint density at radius 1 is 1.43 bits per heavy atom. The third-order valence-corrected chi connectivity index (χ3v) is 2.55. The maximum atomic E-state index is 10.0. The monoisotopic (exact) mass is 292 g/mol. The van der Waals surface area contributed by atoms with Gasteiger partial charge in [0.2, 0.25) is 0 Å². The lowest BCUT2D eigenvalue weighted by atomic mass is 10.2. The Morgan fingerprint density at radius 2 is 1.95 bits per heavy atom. The molecule has 1 amide bonds. The summed E-state index contributed by atoms with van der Waals surface area (Å²) < 4.78 is 4.58. The summed E-state index contributed by atoms with van der Waals surface area (Å²) in [6.45, 7) is 14.5. The number of hydrogen-bond acceptors (Lipinski definition) is 5. The molecule has 6 heteroatoms. The second kappa shape index (κ2) is 8.80. The number of primary amides is 1. The van der Waals surface area contributed by atoms with Gasteiger partial charge in [-0.3, -0.25) is 4.99 Å². The average molecular weight is 292 g/mol. The Hall–Kier alpha value is -2.29. The quantitative estimate of drug-likeness (QED) is 0.491. The lowest BCUT2D eigenvalue weighted by molar-refractivity contribution is 0.0600. The van der Waals surface area contributed by atoms with Crippen LogP contribution < -0.4 is 5.73 Å². The topological polar surface area (TPSA) is 91.7 Å². The van der Waals surface area contributed by atoms with Crippen molar-refractivity contribution < 1.29 is 9.53 Å². The Kier molecular flexibility index (Phi) is 7.84. The first-order valence-corrected chi connectivity index (χ1v) is 6.70. The molecule has 0 saturated carbocycles. The van der Waals surface area contributed by atoms with E-state index in [0.29, 0.717) is 5.57 Å². The second-order valence-electron chi connectivity index (χ2n) is 5.51. The molecule has 1 saturated heterocycles. The predicted molar refractivity (Wildman–Crippen MR) is 83.6 cm³/mol. The highest BCUT2D eigenvalue weighted by molar-refractivity contribution is 5.65. The Bertz CT molecular complexity index is 449. The molecule has 0 aliphatic carbocycles. The molecule has 1 fully saturated rings. The van der Waals surface area contributed by atoms with Gasteiger partial charge in [0.15, 0.2) is 0 Å². The molecule has 0 unspecified atom stereocenters. The lowest BCUT2D eigenvalue weighted by Gasteiger charge is -2.18. The van der Waals surface area contributed by atoms with E-state index in [0.717, 1.165) is 18.8 Å². The number of rotatable bonds is 3. The minimum absolute atomic E-state index is 0.453. The van der Waals surface area contributed by atoms with E-state index in [4.69, 9.17) is 11.0 Å². The molecule has 21 heavy (non-hydrogen) atoms. The van der Waals surface area contributed by atoms with Crippen molar-refractivity contribution in [2.45, 2.75) is 39.2 Å². The minimum Gasteiger partial charge on any atom is -0.444 e. The molecule has 1 heterocycles. The number of nitrogens with two attached hydrogens (primary N) is 1. The zero-order chi connectivity index (χ0) is 16.5. The van der Waals surface area contributed by atoms with Crippen molar-refractivity contribution in [1.82, 2.24) is 4.90 Å². The molecule has 0 radical (unpaired) electrons. The normalized spacial score (nSPS) is 14.6. The van der Waals surface area contributed by atoms with Crippen LogP contribution in [0.5, 0.6) is 0 Å². The van der Waals surface area contributed by atoms with Gasteiger partial charge in [-0.25, -0.2) is 4.79 Å². The van der Waals surface area contributed by atoms with E-state index in [1.165, 1.54) is 19.0 Å². The van der Waals surface area contributed by atoms with Crippen LogP contribution >= 0.6 is 0 Å². The number of allylic oxidation sites excluding steroid dienone is 1. The summed E-state index contributed by atoms with van der Waals surface area (Å²) in [4.78, 5) is 15.7. The summed E-state index contributed by atoms with van der Waals surface area (Å²) in [6.07, 6.45) is 3.09. The molecular formula is C15H24N4O2. The Labute approximate surface area is 126 Å². The van der Waals surface area contributed by atoms with Crippen LogP contribution in [0.2, 0.25) is 0 Å². The van der Waals surface area contributed by atoms with E-state index < -0.39 is 11.7 Å². The molecule has 2 N–H and O–H groups in total.